The van der Waals surface area contributed by atoms with E-state index in [4.69, 9.17) is 5.73 Å². The lowest BCUT2D eigenvalue weighted by Gasteiger charge is -2.31. The molecule has 1 atom stereocenters. The Balaban J connectivity index is 2.13. The molecule has 1 saturated carbocycles. The highest BCUT2D eigenvalue weighted by Crippen LogP contribution is 2.29. The van der Waals surface area contributed by atoms with Gasteiger partial charge in [-0.15, -0.1) is 0 Å². The van der Waals surface area contributed by atoms with Crippen molar-refractivity contribution in [2.45, 2.75) is 58.5 Å². The maximum absolute atomic E-state index is 6.12. The molecule has 1 aliphatic carbocycles. The average Bonchev–Trinajstić information content (AvgIpc) is 2.19. The lowest BCUT2D eigenvalue weighted by atomic mass is 9.81. The first kappa shape index (κ1) is 12.0. The van der Waals surface area contributed by atoms with E-state index in [-0.39, 0.29) is 6.17 Å². The molecule has 0 aromatic heterocycles. The predicted octanol–water partition coefficient (Wildman–Crippen LogP) is 2.49. The first-order valence-corrected chi connectivity index (χ1v) is 6.23. The van der Waals surface area contributed by atoms with Crippen LogP contribution in [0.1, 0.15) is 52.4 Å². The quantitative estimate of drug-likeness (QED) is 0.526. The topological polar surface area (TPSA) is 38.0 Å². The highest BCUT2D eigenvalue weighted by atomic mass is 15.0. The highest BCUT2D eigenvalue weighted by molar-refractivity contribution is 4.77. The SMILES string of the molecule is CCCCNC(N)C1CCC(C)CC1. The van der Waals surface area contributed by atoms with Gasteiger partial charge in [-0.2, -0.15) is 0 Å². The molecular formula is C12H26N2. The minimum absolute atomic E-state index is 0.244. The molecular weight excluding hydrogens is 172 g/mol. The van der Waals surface area contributed by atoms with E-state index in [1.807, 2.05) is 0 Å². The summed E-state index contributed by atoms with van der Waals surface area (Å²) in [5.41, 5.74) is 6.12. The molecule has 1 rings (SSSR count). The van der Waals surface area contributed by atoms with Gasteiger partial charge in [0.1, 0.15) is 0 Å². The van der Waals surface area contributed by atoms with E-state index in [1.54, 1.807) is 0 Å². The van der Waals surface area contributed by atoms with Crippen LogP contribution >= 0.6 is 0 Å². The van der Waals surface area contributed by atoms with Crippen LogP contribution in [0, 0.1) is 11.8 Å². The average molecular weight is 198 g/mol. The summed E-state index contributed by atoms with van der Waals surface area (Å²) in [5, 5.41) is 3.45. The zero-order chi connectivity index (χ0) is 10.4. The maximum Gasteiger partial charge on any atom is 0.0575 e. The molecule has 1 fully saturated rings. The van der Waals surface area contributed by atoms with Crippen LogP contribution in [-0.4, -0.2) is 12.7 Å². The summed E-state index contributed by atoms with van der Waals surface area (Å²) in [4.78, 5) is 0. The number of hydrogen-bond donors (Lipinski definition) is 2. The highest BCUT2D eigenvalue weighted by Gasteiger charge is 2.22. The summed E-state index contributed by atoms with van der Waals surface area (Å²) in [6.07, 6.45) is 8.12. The minimum atomic E-state index is 0.244. The molecule has 84 valence electrons. The van der Waals surface area contributed by atoms with Crippen LogP contribution in [0.25, 0.3) is 0 Å². The Hall–Kier alpha value is -0.0800. The number of hydrogen-bond acceptors (Lipinski definition) is 2. The molecule has 0 bridgehead atoms. The Kier molecular flexibility index (Phi) is 5.49. The fraction of sp³-hybridized carbons (Fsp3) is 1.00. The van der Waals surface area contributed by atoms with E-state index in [0.29, 0.717) is 0 Å². The Morgan fingerprint density at radius 3 is 2.50 bits per heavy atom. The second-order valence-corrected chi connectivity index (χ2v) is 4.85. The minimum Gasteiger partial charge on any atom is -0.316 e. The molecule has 0 aromatic carbocycles. The van der Waals surface area contributed by atoms with Gasteiger partial charge in [0.15, 0.2) is 0 Å². The van der Waals surface area contributed by atoms with Crippen LogP contribution in [0.15, 0.2) is 0 Å². The van der Waals surface area contributed by atoms with Gasteiger partial charge in [0, 0.05) is 0 Å². The monoisotopic (exact) mass is 198 g/mol. The smallest absolute Gasteiger partial charge is 0.0575 e. The van der Waals surface area contributed by atoms with Gasteiger partial charge in [0.2, 0.25) is 0 Å². The van der Waals surface area contributed by atoms with E-state index in [9.17, 15) is 0 Å². The molecule has 0 aromatic rings. The number of nitrogens with one attached hydrogen (secondary N) is 1. The maximum atomic E-state index is 6.12. The van der Waals surface area contributed by atoms with Gasteiger partial charge in [-0.1, -0.05) is 33.1 Å². The van der Waals surface area contributed by atoms with Gasteiger partial charge in [0.25, 0.3) is 0 Å². The first-order chi connectivity index (χ1) is 6.74. The summed E-state index contributed by atoms with van der Waals surface area (Å²) in [6.45, 7) is 5.66. The molecule has 14 heavy (non-hydrogen) atoms. The van der Waals surface area contributed by atoms with Gasteiger partial charge in [-0.25, -0.2) is 0 Å². The van der Waals surface area contributed by atoms with Crippen LogP contribution in [0.4, 0.5) is 0 Å². The summed E-state index contributed by atoms with van der Waals surface area (Å²) in [5.74, 6) is 1.65. The molecule has 0 aliphatic heterocycles. The summed E-state index contributed by atoms with van der Waals surface area (Å²) in [6, 6.07) is 0. The van der Waals surface area contributed by atoms with Crippen molar-refractivity contribution in [3.63, 3.8) is 0 Å². The van der Waals surface area contributed by atoms with Crippen molar-refractivity contribution < 1.29 is 0 Å². The summed E-state index contributed by atoms with van der Waals surface area (Å²) >= 11 is 0. The Morgan fingerprint density at radius 1 is 1.29 bits per heavy atom. The Bertz CT molecular complexity index is 139. The Morgan fingerprint density at radius 2 is 1.93 bits per heavy atom. The van der Waals surface area contributed by atoms with Gasteiger partial charge in [0.05, 0.1) is 6.17 Å². The largest absolute Gasteiger partial charge is 0.316 e. The second kappa shape index (κ2) is 6.41. The lowest BCUT2D eigenvalue weighted by Crippen LogP contribution is -2.45. The number of nitrogens with two attached hydrogens (primary N) is 1. The van der Waals surface area contributed by atoms with Crippen molar-refractivity contribution in [3.8, 4) is 0 Å². The van der Waals surface area contributed by atoms with E-state index in [2.05, 4.69) is 19.2 Å². The second-order valence-electron chi connectivity index (χ2n) is 4.85. The molecule has 1 unspecified atom stereocenters. The van der Waals surface area contributed by atoms with Crippen molar-refractivity contribution in [3.05, 3.63) is 0 Å². The standard InChI is InChI=1S/C12H26N2/c1-3-4-9-14-12(13)11-7-5-10(2)6-8-11/h10-12,14H,3-9,13H2,1-2H3. The lowest BCUT2D eigenvalue weighted by molar-refractivity contribution is 0.232. The molecule has 0 heterocycles. The van der Waals surface area contributed by atoms with Crippen molar-refractivity contribution in [2.24, 2.45) is 17.6 Å². The van der Waals surface area contributed by atoms with Crippen LogP contribution in [-0.2, 0) is 0 Å². The number of unbranched alkanes of at least 4 members (excludes halogenated alkanes) is 1. The van der Waals surface area contributed by atoms with Crippen LogP contribution < -0.4 is 11.1 Å². The number of rotatable bonds is 5. The van der Waals surface area contributed by atoms with Crippen LogP contribution in [0.2, 0.25) is 0 Å². The summed E-state index contributed by atoms with van der Waals surface area (Å²) in [7, 11) is 0. The van der Waals surface area contributed by atoms with Crippen LogP contribution in [0.3, 0.4) is 0 Å². The van der Waals surface area contributed by atoms with Crippen molar-refractivity contribution in [1.82, 2.24) is 5.32 Å². The van der Waals surface area contributed by atoms with Crippen molar-refractivity contribution >= 4 is 0 Å². The third kappa shape index (κ3) is 3.97. The molecule has 3 N–H and O–H groups in total. The molecule has 0 radical (unpaired) electrons. The summed E-state index contributed by atoms with van der Waals surface area (Å²) < 4.78 is 0. The molecule has 0 spiro atoms. The van der Waals surface area contributed by atoms with Gasteiger partial charge >= 0.3 is 0 Å². The third-order valence-corrected chi connectivity index (χ3v) is 3.48. The third-order valence-electron chi connectivity index (χ3n) is 3.48. The van der Waals surface area contributed by atoms with E-state index < -0.39 is 0 Å². The zero-order valence-electron chi connectivity index (χ0n) is 9.76. The fourth-order valence-electron chi connectivity index (χ4n) is 2.26. The molecule has 0 amide bonds. The van der Waals surface area contributed by atoms with Crippen LogP contribution in [0.5, 0.6) is 0 Å². The molecule has 2 heteroatoms. The van der Waals surface area contributed by atoms with Crippen molar-refractivity contribution in [2.75, 3.05) is 6.54 Å². The molecule has 2 nitrogen and oxygen atoms in total. The van der Waals surface area contributed by atoms with Gasteiger partial charge < -0.3 is 11.1 Å². The van der Waals surface area contributed by atoms with E-state index >= 15 is 0 Å². The van der Waals surface area contributed by atoms with Gasteiger partial charge in [-0.3, -0.25) is 0 Å². The predicted molar refractivity (Wildman–Crippen MR) is 62.0 cm³/mol. The van der Waals surface area contributed by atoms with E-state index in [0.717, 1.165) is 18.4 Å². The molecule has 0 saturated heterocycles. The van der Waals surface area contributed by atoms with Gasteiger partial charge in [-0.05, 0) is 37.6 Å². The zero-order valence-corrected chi connectivity index (χ0v) is 9.76. The molecule has 1 aliphatic rings. The Labute approximate surface area is 88.6 Å². The van der Waals surface area contributed by atoms with E-state index in [1.165, 1.54) is 38.5 Å². The first-order valence-electron chi connectivity index (χ1n) is 6.23. The normalized spacial score (nSPS) is 30.2. The fourth-order valence-corrected chi connectivity index (χ4v) is 2.26. The van der Waals surface area contributed by atoms with Crippen molar-refractivity contribution in [1.29, 1.82) is 0 Å².